The van der Waals surface area contributed by atoms with Crippen LogP contribution in [-0.4, -0.2) is 25.9 Å². The Kier molecular flexibility index (Phi) is 2.55. The molecule has 0 fully saturated rings. The van der Waals surface area contributed by atoms with Crippen LogP contribution in [0, 0.1) is 0 Å². The maximum Gasteiger partial charge on any atom is 0.108 e. The first-order valence-electron chi connectivity index (χ1n) is 5.99. The molecule has 0 saturated carbocycles. The molecule has 1 aliphatic heterocycles. The zero-order chi connectivity index (χ0) is 12.5. The molecule has 0 unspecified atom stereocenters. The Bertz CT molecular complexity index is 591. The van der Waals surface area contributed by atoms with E-state index < -0.39 is 0 Å². The molecule has 3 rings (SSSR count). The van der Waals surface area contributed by atoms with E-state index in [0.29, 0.717) is 6.04 Å². The second-order valence-electron chi connectivity index (χ2n) is 4.53. The Morgan fingerprint density at radius 1 is 1.00 bits per heavy atom. The first-order chi connectivity index (χ1) is 8.74. The predicted octanol–water partition coefficient (Wildman–Crippen LogP) is 2.69. The summed E-state index contributed by atoms with van der Waals surface area (Å²) >= 11 is 0. The molecule has 0 radical (unpaired) electrons. The van der Waals surface area contributed by atoms with Crippen molar-refractivity contribution < 1.29 is 0 Å². The van der Waals surface area contributed by atoms with E-state index >= 15 is 0 Å². The van der Waals surface area contributed by atoms with Gasteiger partial charge in [0, 0.05) is 24.6 Å². The van der Waals surface area contributed by atoms with Gasteiger partial charge in [-0.2, -0.15) is 0 Å². The highest BCUT2D eigenvalue weighted by Gasteiger charge is 2.09. The number of nitrogens with zero attached hydrogens (tertiary/aromatic N) is 4. The number of hydrogen-bond acceptors (Lipinski definition) is 4. The quantitative estimate of drug-likeness (QED) is 0.766. The molecule has 3 heterocycles. The third-order valence-corrected chi connectivity index (χ3v) is 2.93. The van der Waals surface area contributed by atoms with Gasteiger partial charge < -0.3 is 4.90 Å². The van der Waals surface area contributed by atoms with Crippen molar-refractivity contribution in [3.63, 3.8) is 0 Å². The summed E-state index contributed by atoms with van der Waals surface area (Å²) in [6, 6.07) is 2.30. The van der Waals surface area contributed by atoms with E-state index in [1.165, 1.54) is 0 Å². The molecule has 1 aliphatic rings. The smallest absolute Gasteiger partial charge is 0.108 e. The van der Waals surface area contributed by atoms with Gasteiger partial charge in [0.1, 0.15) is 5.52 Å². The Balaban J connectivity index is 2.14. The molecule has 4 nitrogen and oxygen atoms in total. The van der Waals surface area contributed by atoms with Gasteiger partial charge in [-0.05, 0) is 32.1 Å². The Labute approximate surface area is 106 Å². The van der Waals surface area contributed by atoms with E-state index in [1.807, 2.05) is 30.6 Å². The van der Waals surface area contributed by atoms with Crippen molar-refractivity contribution in [1.29, 1.82) is 0 Å². The number of hydrogen-bond donors (Lipinski definition) is 0. The van der Waals surface area contributed by atoms with Crippen LogP contribution < -0.4 is 0 Å². The lowest BCUT2D eigenvalue weighted by Crippen LogP contribution is -2.18. The predicted molar refractivity (Wildman–Crippen MR) is 72.4 cm³/mol. The topological polar surface area (TPSA) is 41.9 Å². The minimum Gasteiger partial charge on any atom is -0.352 e. The molecule has 0 atom stereocenters. The van der Waals surface area contributed by atoms with Gasteiger partial charge in [0.15, 0.2) is 0 Å². The normalized spacial score (nSPS) is 14.1. The minimum atomic E-state index is 0.419. The van der Waals surface area contributed by atoms with Crippen molar-refractivity contribution in [3.05, 3.63) is 42.2 Å². The van der Waals surface area contributed by atoms with Crippen LogP contribution in [0.2, 0.25) is 0 Å². The Morgan fingerprint density at radius 3 is 2.33 bits per heavy atom. The standard InChI is InChI=1S/C14H14N4/c1-10(2)18-7-4-12-13(5-8-18)17-14-9-15-6-3-11(14)16-12/h3-10H,1-2H3. The Hall–Kier alpha value is -2.23. The summed E-state index contributed by atoms with van der Waals surface area (Å²) in [7, 11) is 0. The number of aromatic nitrogens is 3. The summed E-state index contributed by atoms with van der Waals surface area (Å²) in [6.07, 6.45) is 11.5. The van der Waals surface area contributed by atoms with Crippen molar-refractivity contribution in [2.75, 3.05) is 0 Å². The maximum absolute atomic E-state index is 4.60. The number of rotatable bonds is 1. The molecule has 0 bridgehead atoms. The summed E-state index contributed by atoms with van der Waals surface area (Å²) in [5.74, 6) is 0. The van der Waals surface area contributed by atoms with Gasteiger partial charge in [0.2, 0.25) is 0 Å². The van der Waals surface area contributed by atoms with E-state index in [1.54, 1.807) is 12.4 Å². The van der Waals surface area contributed by atoms with E-state index in [-0.39, 0.29) is 0 Å². The van der Waals surface area contributed by atoms with Crippen LogP contribution in [-0.2, 0) is 0 Å². The molecule has 2 aromatic rings. The van der Waals surface area contributed by atoms with Gasteiger partial charge in [-0.25, -0.2) is 9.97 Å². The molecule has 0 saturated heterocycles. The summed E-state index contributed by atoms with van der Waals surface area (Å²) < 4.78 is 0. The number of pyridine rings is 1. The van der Waals surface area contributed by atoms with Gasteiger partial charge in [-0.15, -0.1) is 0 Å². The molecule has 90 valence electrons. The molecule has 18 heavy (non-hydrogen) atoms. The average molecular weight is 238 g/mol. The molecule has 0 amide bonds. The van der Waals surface area contributed by atoms with Crippen molar-refractivity contribution >= 4 is 23.2 Å². The summed E-state index contributed by atoms with van der Waals surface area (Å²) in [5.41, 5.74) is 3.48. The highest BCUT2D eigenvalue weighted by Crippen LogP contribution is 2.18. The van der Waals surface area contributed by atoms with Crippen LogP contribution in [0.25, 0.3) is 23.2 Å². The lowest BCUT2D eigenvalue weighted by atomic mass is 10.2. The van der Waals surface area contributed by atoms with E-state index in [0.717, 1.165) is 22.4 Å². The summed E-state index contributed by atoms with van der Waals surface area (Å²) in [4.78, 5) is 15.4. The second kappa shape index (κ2) is 4.22. The van der Waals surface area contributed by atoms with Crippen molar-refractivity contribution in [1.82, 2.24) is 19.9 Å². The van der Waals surface area contributed by atoms with Gasteiger partial charge in [-0.1, -0.05) is 0 Å². The minimum absolute atomic E-state index is 0.419. The third kappa shape index (κ3) is 1.86. The molecule has 0 aliphatic carbocycles. The zero-order valence-corrected chi connectivity index (χ0v) is 10.4. The van der Waals surface area contributed by atoms with Gasteiger partial charge >= 0.3 is 0 Å². The fourth-order valence-corrected chi connectivity index (χ4v) is 1.89. The Morgan fingerprint density at radius 2 is 1.67 bits per heavy atom. The highest BCUT2D eigenvalue weighted by atomic mass is 15.1. The number of fused-ring (bicyclic) bond motifs is 2. The van der Waals surface area contributed by atoms with E-state index in [9.17, 15) is 0 Å². The van der Waals surface area contributed by atoms with E-state index in [2.05, 4.69) is 33.7 Å². The van der Waals surface area contributed by atoms with Crippen LogP contribution in [0.15, 0.2) is 30.9 Å². The molecular formula is C14H14N4. The lowest BCUT2D eigenvalue weighted by Gasteiger charge is -2.18. The van der Waals surface area contributed by atoms with Crippen LogP contribution >= 0.6 is 0 Å². The second-order valence-corrected chi connectivity index (χ2v) is 4.53. The van der Waals surface area contributed by atoms with Crippen LogP contribution in [0.4, 0.5) is 0 Å². The first kappa shape index (κ1) is 10.9. The van der Waals surface area contributed by atoms with Crippen LogP contribution in [0.1, 0.15) is 25.2 Å². The molecule has 0 N–H and O–H groups in total. The van der Waals surface area contributed by atoms with Gasteiger partial charge in [-0.3, -0.25) is 4.98 Å². The monoisotopic (exact) mass is 238 g/mol. The fraction of sp³-hybridized carbons (Fsp3) is 0.214. The maximum atomic E-state index is 4.60. The SMILES string of the molecule is CC(C)N1C=Cc2nc3ccncc3nc2C=C1. The third-order valence-electron chi connectivity index (χ3n) is 2.93. The van der Waals surface area contributed by atoms with Crippen molar-refractivity contribution in [2.24, 2.45) is 0 Å². The van der Waals surface area contributed by atoms with Crippen molar-refractivity contribution in [3.8, 4) is 0 Å². The zero-order valence-electron chi connectivity index (χ0n) is 10.4. The van der Waals surface area contributed by atoms with Crippen LogP contribution in [0.5, 0.6) is 0 Å². The largest absolute Gasteiger partial charge is 0.352 e. The molecule has 4 heteroatoms. The van der Waals surface area contributed by atoms with Gasteiger partial charge in [0.05, 0.1) is 23.1 Å². The molecular weight excluding hydrogens is 224 g/mol. The average Bonchev–Trinajstić information content (AvgIpc) is 2.58. The first-order valence-corrected chi connectivity index (χ1v) is 5.99. The lowest BCUT2D eigenvalue weighted by molar-refractivity contribution is 0.422. The molecule has 0 spiro atoms. The molecule has 0 aromatic carbocycles. The van der Waals surface area contributed by atoms with Gasteiger partial charge in [0.25, 0.3) is 0 Å². The fourth-order valence-electron chi connectivity index (χ4n) is 1.89. The summed E-state index contributed by atoms with van der Waals surface area (Å²) in [6.45, 7) is 4.29. The summed E-state index contributed by atoms with van der Waals surface area (Å²) in [5, 5.41) is 0. The van der Waals surface area contributed by atoms with Crippen molar-refractivity contribution in [2.45, 2.75) is 19.9 Å². The van der Waals surface area contributed by atoms with Crippen LogP contribution in [0.3, 0.4) is 0 Å². The highest BCUT2D eigenvalue weighted by molar-refractivity contribution is 5.77. The molecule has 2 aromatic heterocycles. The van der Waals surface area contributed by atoms with E-state index in [4.69, 9.17) is 0 Å².